The third kappa shape index (κ3) is 5.02. The molecule has 0 saturated carbocycles. The summed E-state index contributed by atoms with van der Waals surface area (Å²) in [6, 6.07) is 16.0. The predicted octanol–water partition coefficient (Wildman–Crippen LogP) is 3.66. The van der Waals surface area contributed by atoms with Crippen LogP contribution in [0.5, 0.6) is 0 Å². The number of aryl methyl sites for hydroxylation is 2. The van der Waals surface area contributed by atoms with Gasteiger partial charge in [0.15, 0.2) is 0 Å². The van der Waals surface area contributed by atoms with Crippen molar-refractivity contribution in [3.63, 3.8) is 0 Å². The summed E-state index contributed by atoms with van der Waals surface area (Å²) in [5.41, 5.74) is 6.99. The zero-order valence-electron chi connectivity index (χ0n) is 12.9. The number of benzene rings is 2. The van der Waals surface area contributed by atoms with Crippen molar-refractivity contribution in [3.8, 4) is 0 Å². The van der Waals surface area contributed by atoms with Crippen molar-refractivity contribution in [1.29, 1.82) is 0 Å². The first-order valence-corrected chi connectivity index (χ1v) is 7.25. The fourth-order valence-corrected chi connectivity index (χ4v) is 2.13. The lowest BCUT2D eigenvalue weighted by atomic mass is 10.0. The highest BCUT2D eigenvalue weighted by molar-refractivity contribution is 5.82. The van der Waals surface area contributed by atoms with Crippen molar-refractivity contribution < 1.29 is 4.79 Å². The zero-order valence-corrected chi connectivity index (χ0v) is 12.9. The van der Waals surface area contributed by atoms with Gasteiger partial charge in [-0.05, 0) is 36.6 Å². The Kier molecular flexibility index (Phi) is 5.66. The molecule has 0 heterocycles. The highest BCUT2D eigenvalue weighted by atomic mass is 16.2. The summed E-state index contributed by atoms with van der Waals surface area (Å²) in [6.07, 6.45) is 5.64. The quantitative estimate of drug-likeness (QED) is 0.663. The van der Waals surface area contributed by atoms with Gasteiger partial charge >= 0.3 is 0 Å². The van der Waals surface area contributed by atoms with Crippen LogP contribution in [0.25, 0.3) is 6.08 Å². The molecular weight excluding hydrogens is 272 g/mol. The molecule has 22 heavy (non-hydrogen) atoms. The van der Waals surface area contributed by atoms with Crippen LogP contribution in [-0.4, -0.2) is 12.1 Å². The van der Waals surface area contributed by atoms with Crippen LogP contribution in [0.2, 0.25) is 0 Å². The van der Waals surface area contributed by atoms with Crippen molar-refractivity contribution in [3.05, 3.63) is 76.9 Å². The number of rotatable bonds is 5. The molecule has 3 heteroatoms. The van der Waals surface area contributed by atoms with Crippen LogP contribution in [0.1, 0.15) is 22.3 Å². The van der Waals surface area contributed by atoms with Gasteiger partial charge in [-0.1, -0.05) is 60.2 Å². The first-order valence-electron chi connectivity index (χ1n) is 7.25. The Balaban J connectivity index is 1.82. The monoisotopic (exact) mass is 292 g/mol. The van der Waals surface area contributed by atoms with Crippen LogP contribution in [0.3, 0.4) is 0 Å². The molecule has 112 valence electrons. The highest BCUT2D eigenvalue weighted by Gasteiger charge is 2.04. The molecular formula is C19H20N2O. The van der Waals surface area contributed by atoms with Gasteiger partial charge < -0.3 is 0 Å². The van der Waals surface area contributed by atoms with E-state index in [4.69, 9.17) is 0 Å². The second kappa shape index (κ2) is 7.93. The topological polar surface area (TPSA) is 41.5 Å². The lowest BCUT2D eigenvalue weighted by Gasteiger charge is -2.05. The SMILES string of the molecule is Cc1ccc(CC(=O)N/N=C/C=C/c2ccccc2)c(C)c1. The Morgan fingerprint density at radius 3 is 2.64 bits per heavy atom. The largest absolute Gasteiger partial charge is 0.273 e. The molecule has 0 aliphatic heterocycles. The molecule has 0 atom stereocenters. The Bertz CT molecular complexity index is 688. The third-order valence-electron chi connectivity index (χ3n) is 3.29. The van der Waals surface area contributed by atoms with E-state index in [9.17, 15) is 4.79 Å². The molecule has 0 unspecified atom stereocenters. The fourth-order valence-electron chi connectivity index (χ4n) is 2.13. The number of carbonyl (C=O) groups is 1. The van der Waals surface area contributed by atoms with Gasteiger partial charge in [-0.15, -0.1) is 0 Å². The summed E-state index contributed by atoms with van der Waals surface area (Å²) in [5, 5.41) is 3.92. The van der Waals surface area contributed by atoms with Crippen molar-refractivity contribution in [1.82, 2.24) is 5.43 Å². The Morgan fingerprint density at radius 1 is 1.14 bits per heavy atom. The molecule has 2 aromatic carbocycles. The molecule has 0 fully saturated rings. The van der Waals surface area contributed by atoms with E-state index in [2.05, 4.69) is 16.6 Å². The molecule has 0 radical (unpaired) electrons. The predicted molar refractivity (Wildman–Crippen MR) is 91.7 cm³/mol. The normalized spacial score (nSPS) is 11.2. The van der Waals surface area contributed by atoms with Crippen LogP contribution in [-0.2, 0) is 11.2 Å². The number of hydrazone groups is 1. The van der Waals surface area contributed by atoms with E-state index in [1.54, 1.807) is 12.3 Å². The minimum Gasteiger partial charge on any atom is -0.273 e. The Labute approximate surface area is 131 Å². The number of nitrogens with zero attached hydrogens (tertiary/aromatic N) is 1. The van der Waals surface area contributed by atoms with E-state index in [1.165, 1.54) is 5.56 Å². The van der Waals surface area contributed by atoms with Gasteiger partial charge in [0.2, 0.25) is 5.91 Å². The molecule has 3 nitrogen and oxygen atoms in total. The van der Waals surface area contributed by atoms with E-state index in [0.717, 1.165) is 16.7 Å². The number of hydrogen-bond donors (Lipinski definition) is 1. The number of carbonyl (C=O) groups excluding carboxylic acids is 1. The molecule has 0 aromatic heterocycles. The lowest BCUT2D eigenvalue weighted by Crippen LogP contribution is -2.20. The van der Waals surface area contributed by atoms with Crippen molar-refractivity contribution >= 4 is 18.2 Å². The summed E-state index contributed by atoms with van der Waals surface area (Å²) in [5.74, 6) is -0.115. The van der Waals surface area contributed by atoms with Gasteiger partial charge in [-0.2, -0.15) is 5.10 Å². The van der Waals surface area contributed by atoms with Crippen molar-refractivity contribution in [2.45, 2.75) is 20.3 Å². The third-order valence-corrected chi connectivity index (χ3v) is 3.29. The summed E-state index contributed by atoms with van der Waals surface area (Å²) < 4.78 is 0. The van der Waals surface area contributed by atoms with Crippen LogP contribution < -0.4 is 5.43 Å². The number of hydrogen-bond acceptors (Lipinski definition) is 2. The molecule has 1 N–H and O–H groups in total. The molecule has 0 bridgehead atoms. The summed E-state index contributed by atoms with van der Waals surface area (Å²) in [6.45, 7) is 4.06. The summed E-state index contributed by atoms with van der Waals surface area (Å²) in [4.78, 5) is 11.8. The molecule has 1 amide bonds. The van der Waals surface area contributed by atoms with Gasteiger partial charge in [-0.25, -0.2) is 5.43 Å². The minimum atomic E-state index is -0.115. The van der Waals surface area contributed by atoms with Crippen molar-refractivity contribution in [2.24, 2.45) is 5.10 Å². The van der Waals surface area contributed by atoms with Crippen LogP contribution in [0.4, 0.5) is 0 Å². The average Bonchev–Trinajstić information content (AvgIpc) is 2.51. The molecule has 0 saturated heterocycles. The van der Waals surface area contributed by atoms with Gasteiger partial charge in [0.1, 0.15) is 0 Å². The van der Waals surface area contributed by atoms with E-state index >= 15 is 0 Å². The first-order chi connectivity index (χ1) is 10.6. The molecule has 0 spiro atoms. The molecule has 2 rings (SSSR count). The average molecular weight is 292 g/mol. The van der Waals surface area contributed by atoms with E-state index in [1.807, 2.05) is 62.4 Å². The van der Waals surface area contributed by atoms with Crippen LogP contribution >= 0.6 is 0 Å². The van der Waals surface area contributed by atoms with Crippen molar-refractivity contribution in [2.75, 3.05) is 0 Å². The molecule has 0 aliphatic rings. The summed E-state index contributed by atoms with van der Waals surface area (Å²) >= 11 is 0. The highest BCUT2D eigenvalue weighted by Crippen LogP contribution is 2.10. The standard InChI is InChI=1S/C19H20N2O/c1-15-10-11-18(16(2)13-15)14-19(22)21-20-12-6-9-17-7-4-3-5-8-17/h3-13H,14H2,1-2H3,(H,21,22)/b9-6+,20-12+. The Morgan fingerprint density at radius 2 is 1.91 bits per heavy atom. The minimum absolute atomic E-state index is 0.115. The maximum atomic E-state index is 11.8. The fraction of sp³-hybridized carbons (Fsp3) is 0.158. The maximum absolute atomic E-state index is 11.8. The maximum Gasteiger partial charge on any atom is 0.244 e. The summed E-state index contributed by atoms with van der Waals surface area (Å²) in [7, 11) is 0. The second-order valence-corrected chi connectivity index (χ2v) is 5.19. The number of amides is 1. The smallest absolute Gasteiger partial charge is 0.244 e. The van der Waals surface area contributed by atoms with E-state index < -0.39 is 0 Å². The van der Waals surface area contributed by atoms with Gasteiger partial charge in [0.05, 0.1) is 6.42 Å². The van der Waals surface area contributed by atoms with Gasteiger partial charge in [-0.3, -0.25) is 4.79 Å². The Hall–Kier alpha value is -2.68. The van der Waals surface area contributed by atoms with E-state index in [0.29, 0.717) is 6.42 Å². The van der Waals surface area contributed by atoms with Gasteiger partial charge in [0.25, 0.3) is 0 Å². The zero-order chi connectivity index (χ0) is 15.8. The van der Waals surface area contributed by atoms with Crippen LogP contribution in [0, 0.1) is 13.8 Å². The first kappa shape index (κ1) is 15.7. The van der Waals surface area contributed by atoms with Crippen LogP contribution in [0.15, 0.2) is 59.7 Å². The lowest BCUT2D eigenvalue weighted by molar-refractivity contribution is -0.120. The number of allylic oxidation sites excluding steroid dienone is 1. The molecule has 2 aromatic rings. The van der Waals surface area contributed by atoms with E-state index in [-0.39, 0.29) is 5.91 Å². The number of nitrogens with one attached hydrogen (secondary N) is 1. The van der Waals surface area contributed by atoms with Gasteiger partial charge in [0, 0.05) is 6.21 Å². The molecule has 0 aliphatic carbocycles. The second-order valence-electron chi connectivity index (χ2n) is 5.19.